The summed E-state index contributed by atoms with van der Waals surface area (Å²) in [7, 11) is 0. The smallest absolute Gasteiger partial charge is 0.249 e. The fourth-order valence-corrected chi connectivity index (χ4v) is 3.48. The van der Waals surface area contributed by atoms with E-state index in [-0.39, 0.29) is 5.56 Å². The fourth-order valence-electron chi connectivity index (χ4n) is 3.06. The van der Waals surface area contributed by atoms with E-state index >= 15 is 0 Å². The first-order chi connectivity index (χ1) is 11.0. The van der Waals surface area contributed by atoms with Crippen molar-refractivity contribution in [3.63, 3.8) is 0 Å². The summed E-state index contributed by atoms with van der Waals surface area (Å²) in [6.45, 7) is 2.05. The SMILES string of the molecule is Cc1c(-c2ccc(Cl)cc2)[nH]c2ccc3[nH]c(=O)cc(Cl)c3c12. The molecule has 0 fully saturated rings. The maximum Gasteiger partial charge on any atom is 0.249 e. The van der Waals surface area contributed by atoms with Crippen LogP contribution in [0.3, 0.4) is 0 Å². The van der Waals surface area contributed by atoms with Gasteiger partial charge in [-0.2, -0.15) is 0 Å². The van der Waals surface area contributed by atoms with Crippen molar-refractivity contribution in [2.75, 3.05) is 0 Å². The molecular weight excluding hydrogens is 331 g/mol. The number of hydrogen-bond donors (Lipinski definition) is 2. The third-order valence-electron chi connectivity index (χ3n) is 4.10. The number of halogens is 2. The Morgan fingerprint density at radius 2 is 1.52 bits per heavy atom. The number of hydrogen-bond acceptors (Lipinski definition) is 1. The van der Waals surface area contributed by atoms with Crippen molar-refractivity contribution < 1.29 is 0 Å². The Balaban J connectivity index is 2.10. The number of H-pyrrole nitrogens is 2. The molecule has 0 unspecified atom stereocenters. The molecule has 5 heteroatoms. The molecule has 0 saturated heterocycles. The minimum atomic E-state index is -0.201. The van der Waals surface area contributed by atoms with Gasteiger partial charge in [-0.15, -0.1) is 0 Å². The first-order valence-electron chi connectivity index (χ1n) is 7.14. The highest BCUT2D eigenvalue weighted by Gasteiger charge is 2.14. The normalized spacial score (nSPS) is 11.4. The predicted molar refractivity (Wildman–Crippen MR) is 96.6 cm³/mol. The van der Waals surface area contributed by atoms with Crippen molar-refractivity contribution >= 4 is 45.0 Å². The second-order valence-electron chi connectivity index (χ2n) is 5.52. The van der Waals surface area contributed by atoms with Crippen molar-refractivity contribution in [3.8, 4) is 11.3 Å². The lowest BCUT2D eigenvalue weighted by Crippen LogP contribution is -2.03. The Bertz CT molecular complexity index is 1110. The maximum atomic E-state index is 11.6. The van der Waals surface area contributed by atoms with Crippen LogP contribution in [0.5, 0.6) is 0 Å². The number of nitrogens with one attached hydrogen (secondary N) is 2. The Labute approximate surface area is 141 Å². The number of fused-ring (bicyclic) bond motifs is 3. The second kappa shape index (κ2) is 5.15. The van der Waals surface area contributed by atoms with Crippen LogP contribution in [-0.2, 0) is 0 Å². The van der Waals surface area contributed by atoms with Crippen LogP contribution in [0.2, 0.25) is 10.0 Å². The number of pyridine rings is 1. The highest BCUT2D eigenvalue weighted by molar-refractivity contribution is 6.37. The molecule has 0 aliphatic carbocycles. The molecule has 0 aliphatic heterocycles. The molecule has 4 aromatic rings. The van der Waals surface area contributed by atoms with E-state index in [9.17, 15) is 4.79 Å². The molecule has 23 heavy (non-hydrogen) atoms. The van der Waals surface area contributed by atoms with Gasteiger partial charge < -0.3 is 9.97 Å². The van der Waals surface area contributed by atoms with Gasteiger partial charge in [-0.1, -0.05) is 35.3 Å². The van der Waals surface area contributed by atoms with Crippen molar-refractivity contribution in [1.82, 2.24) is 9.97 Å². The summed E-state index contributed by atoms with van der Waals surface area (Å²) >= 11 is 12.3. The maximum absolute atomic E-state index is 11.6. The van der Waals surface area contributed by atoms with Crippen molar-refractivity contribution in [2.45, 2.75) is 6.92 Å². The molecule has 0 aliphatic rings. The first kappa shape index (κ1) is 14.4. The van der Waals surface area contributed by atoms with Gasteiger partial charge in [-0.05, 0) is 42.3 Å². The van der Waals surface area contributed by atoms with E-state index in [1.165, 1.54) is 6.07 Å². The average molecular weight is 343 g/mol. The minimum absolute atomic E-state index is 0.201. The highest BCUT2D eigenvalue weighted by Crippen LogP contribution is 2.36. The Morgan fingerprint density at radius 3 is 2.22 bits per heavy atom. The quantitative estimate of drug-likeness (QED) is 0.485. The van der Waals surface area contributed by atoms with E-state index in [2.05, 4.69) is 9.97 Å². The van der Waals surface area contributed by atoms with Crippen LogP contribution in [0.4, 0.5) is 0 Å². The van der Waals surface area contributed by atoms with Crippen LogP contribution >= 0.6 is 23.2 Å². The van der Waals surface area contributed by atoms with E-state index in [0.29, 0.717) is 10.0 Å². The minimum Gasteiger partial charge on any atom is -0.354 e. The molecule has 0 bridgehead atoms. The summed E-state index contributed by atoms with van der Waals surface area (Å²) in [5.74, 6) is 0. The molecule has 114 valence electrons. The number of aryl methyl sites for hydroxylation is 1. The Kier molecular flexibility index (Phi) is 3.22. The average Bonchev–Trinajstić information content (AvgIpc) is 2.85. The molecule has 0 radical (unpaired) electrons. The Morgan fingerprint density at radius 1 is 0.870 bits per heavy atom. The lowest BCUT2D eigenvalue weighted by atomic mass is 10.0. The zero-order valence-electron chi connectivity index (χ0n) is 12.2. The lowest BCUT2D eigenvalue weighted by Gasteiger charge is -2.03. The summed E-state index contributed by atoms with van der Waals surface area (Å²) in [6, 6.07) is 12.9. The third-order valence-corrected chi connectivity index (χ3v) is 4.65. The van der Waals surface area contributed by atoms with E-state index in [1.54, 1.807) is 0 Å². The van der Waals surface area contributed by atoms with Gasteiger partial charge in [0.25, 0.3) is 0 Å². The molecule has 3 nitrogen and oxygen atoms in total. The second-order valence-corrected chi connectivity index (χ2v) is 6.37. The summed E-state index contributed by atoms with van der Waals surface area (Å²) in [5.41, 5.74) is 4.67. The molecule has 0 atom stereocenters. The zero-order valence-corrected chi connectivity index (χ0v) is 13.7. The van der Waals surface area contributed by atoms with Gasteiger partial charge in [0.15, 0.2) is 0 Å². The fraction of sp³-hybridized carbons (Fsp3) is 0.0556. The molecule has 0 amide bonds. The summed E-state index contributed by atoms with van der Waals surface area (Å²) in [4.78, 5) is 17.9. The predicted octanol–water partition coefficient (Wildman–Crippen LogP) is 5.29. The van der Waals surface area contributed by atoms with Gasteiger partial charge in [0.1, 0.15) is 0 Å². The van der Waals surface area contributed by atoms with Crippen molar-refractivity contribution in [3.05, 3.63) is 68.4 Å². The molecular formula is C18H12Cl2N2O. The van der Waals surface area contributed by atoms with Crippen LogP contribution in [0.15, 0.2) is 47.3 Å². The number of benzene rings is 2. The molecule has 2 aromatic heterocycles. The summed E-state index contributed by atoms with van der Waals surface area (Å²) < 4.78 is 0. The van der Waals surface area contributed by atoms with Gasteiger partial charge in [-0.3, -0.25) is 4.79 Å². The third kappa shape index (κ3) is 2.24. The van der Waals surface area contributed by atoms with Gasteiger partial charge >= 0.3 is 0 Å². The van der Waals surface area contributed by atoms with Gasteiger partial charge in [-0.25, -0.2) is 0 Å². The van der Waals surface area contributed by atoms with E-state index < -0.39 is 0 Å². The number of aromatic amines is 2. The largest absolute Gasteiger partial charge is 0.354 e. The number of aromatic nitrogens is 2. The van der Waals surface area contributed by atoms with Crippen LogP contribution in [-0.4, -0.2) is 9.97 Å². The monoisotopic (exact) mass is 342 g/mol. The molecule has 0 spiro atoms. The molecule has 0 saturated carbocycles. The molecule has 4 rings (SSSR count). The van der Waals surface area contributed by atoms with Crippen LogP contribution in [0.25, 0.3) is 33.1 Å². The lowest BCUT2D eigenvalue weighted by molar-refractivity contribution is 1.31. The highest BCUT2D eigenvalue weighted by atomic mass is 35.5. The molecule has 2 aromatic carbocycles. The standard InChI is InChI=1S/C18H12Cl2N2O/c1-9-16-13(22-18(9)10-2-4-11(19)5-3-10)6-7-14-17(16)12(20)8-15(23)21-14/h2-8,22H,1H3,(H,21,23). The zero-order chi connectivity index (χ0) is 16.1. The van der Waals surface area contributed by atoms with Gasteiger partial charge in [0.05, 0.1) is 10.5 Å². The number of rotatable bonds is 1. The van der Waals surface area contributed by atoms with Crippen molar-refractivity contribution in [2.24, 2.45) is 0 Å². The van der Waals surface area contributed by atoms with E-state index in [1.807, 2.05) is 43.3 Å². The topological polar surface area (TPSA) is 48.6 Å². The van der Waals surface area contributed by atoms with Gasteiger partial charge in [0.2, 0.25) is 5.56 Å². The van der Waals surface area contributed by atoms with E-state index in [4.69, 9.17) is 23.2 Å². The van der Waals surface area contributed by atoms with E-state index in [0.717, 1.165) is 38.6 Å². The summed E-state index contributed by atoms with van der Waals surface area (Å²) in [6.07, 6.45) is 0. The summed E-state index contributed by atoms with van der Waals surface area (Å²) in [5, 5.41) is 3.04. The molecule has 2 heterocycles. The van der Waals surface area contributed by atoms with Crippen LogP contribution in [0, 0.1) is 6.92 Å². The molecule has 2 N–H and O–H groups in total. The first-order valence-corrected chi connectivity index (χ1v) is 7.90. The van der Waals surface area contributed by atoms with Crippen LogP contribution < -0.4 is 5.56 Å². The van der Waals surface area contributed by atoms with Crippen molar-refractivity contribution in [1.29, 1.82) is 0 Å². The van der Waals surface area contributed by atoms with Crippen LogP contribution in [0.1, 0.15) is 5.56 Å². The Hall–Kier alpha value is -2.23. The van der Waals surface area contributed by atoms with Gasteiger partial charge in [0, 0.05) is 33.1 Å².